The molecule has 2 rings (SSSR count). The van der Waals surface area contributed by atoms with Gasteiger partial charge in [0.25, 0.3) is 0 Å². The maximum Gasteiger partial charge on any atom is 0.0774 e. The molecule has 0 spiro atoms. The first-order chi connectivity index (χ1) is 9.06. The lowest BCUT2D eigenvalue weighted by Crippen LogP contribution is -2.46. The molecule has 1 unspecified atom stereocenters. The lowest BCUT2D eigenvalue weighted by Gasteiger charge is -2.38. The minimum absolute atomic E-state index is 0.398. The molecule has 1 atom stereocenters. The second kappa shape index (κ2) is 6.55. The number of β-amino-alcohol motifs (C(OH)–C–C–N with tert-alkyl or cyclic N) is 1. The average molecular weight is 268 g/mol. The third-order valence-electron chi connectivity index (χ3n) is 5.30. The fourth-order valence-electron chi connectivity index (χ4n) is 3.87. The van der Waals surface area contributed by atoms with Crippen LogP contribution in [0.25, 0.3) is 0 Å². The SMILES string of the molecule is CCN(CC)C1CCN(CC2(O)CCC(C)CC2)C1. The third kappa shape index (κ3) is 3.93. The molecule has 1 saturated heterocycles. The van der Waals surface area contributed by atoms with Crippen LogP contribution in [0.4, 0.5) is 0 Å². The van der Waals surface area contributed by atoms with Gasteiger partial charge < -0.3 is 5.11 Å². The van der Waals surface area contributed by atoms with E-state index in [0.717, 1.165) is 44.9 Å². The Balaban J connectivity index is 1.81. The zero-order valence-corrected chi connectivity index (χ0v) is 13.1. The van der Waals surface area contributed by atoms with Gasteiger partial charge in [-0.3, -0.25) is 9.80 Å². The van der Waals surface area contributed by atoms with Crippen LogP contribution in [0.3, 0.4) is 0 Å². The Labute approximate surface area is 119 Å². The van der Waals surface area contributed by atoms with Crippen molar-refractivity contribution in [2.75, 3.05) is 32.7 Å². The van der Waals surface area contributed by atoms with Gasteiger partial charge in [0.1, 0.15) is 0 Å². The molecule has 0 aromatic heterocycles. The Morgan fingerprint density at radius 2 is 1.79 bits per heavy atom. The van der Waals surface area contributed by atoms with E-state index in [1.165, 1.54) is 25.8 Å². The molecule has 3 nitrogen and oxygen atoms in total. The molecular weight excluding hydrogens is 236 g/mol. The Bertz CT molecular complexity index is 270. The molecule has 0 bridgehead atoms. The summed E-state index contributed by atoms with van der Waals surface area (Å²) in [6.07, 6.45) is 5.67. The number of aliphatic hydroxyl groups is 1. The molecule has 2 aliphatic rings. The van der Waals surface area contributed by atoms with Crippen LogP contribution < -0.4 is 0 Å². The van der Waals surface area contributed by atoms with E-state index in [9.17, 15) is 5.11 Å². The summed E-state index contributed by atoms with van der Waals surface area (Å²) in [7, 11) is 0. The normalized spacial score (nSPS) is 37.1. The van der Waals surface area contributed by atoms with E-state index < -0.39 is 5.60 Å². The van der Waals surface area contributed by atoms with Gasteiger partial charge in [0.05, 0.1) is 5.60 Å². The minimum Gasteiger partial charge on any atom is -0.389 e. The summed E-state index contributed by atoms with van der Waals surface area (Å²) >= 11 is 0. The van der Waals surface area contributed by atoms with Crippen molar-refractivity contribution >= 4 is 0 Å². The van der Waals surface area contributed by atoms with Crippen LogP contribution in [0.1, 0.15) is 52.9 Å². The number of hydrogen-bond acceptors (Lipinski definition) is 3. The monoisotopic (exact) mass is 268 g/mol. The first-order valence-electron chi connectivity index (χ1n) is 8.25. The fourth-order valence-corrected chi connectivity index (χ4v) is 3.87. The highest BCUT2D eigenvalue weighted by Gasteiger charge is 2.36. The molecule has 1 saturated carbocycles. The van der Waals surface area contributed by atoms with E-state index >= 15 is 0 Å². The molecule has 1 aliphatic carbocycles. The summed E-state index contributed by atoms with van der Waals surface area (Å²) in [5.41, 5.74) is -0.398. The fraction of sp³-hybridized carbons (Fsp3) is 1.00. The van der Waals surface area contributed by atoms with Crippen LogP contribution in [0.5, 0.6) is 0 Å². The Morgan fingerprint density at radius 1 is 1.16 bits per heavy atom. The number of hydrogen-bond donors (Lipinski definition) is 1. The van der Waals surface area contributed by atoms with Gasteiger partial charge in [0.2, 0.25) is 0 Å². The third-order valence-corrected chi connectivity index (χ3v) is 5.30. The van der Waals surface area contributed by atoms with Gasteiger partial charge >= 0.3 is 0 Å². The van der Waals surface area contributed by atoms with E-state index in [0.29, 0.717) is 6.04 Å². The van der Waals surface area contributed by atoms with E-state index in [1.807, 2.05) is 0 Å². The second-order valence-electron chi connectivity index (χ2n) is 6.81. The van der Waals surface area contributed by atoms with Gasteiger partial charge in [-0.15, -0.1) is 0 Å². The van der Waals surface area contributed by atoms with Crippen LogP contribution in [0.2, 0.25) is 0 Å². The standard InChI is InChI=1S/C16H32N2O/c1-4-18(5-2)15-8-11-17(12-15)13-16(19)9-6-14(3)7-10-16/h14-15,19H,4-13H2,1-3H3. The van der Waals surface area contributed by atoms with Gasteiger partial charge in [0.15, 0.2) is 0 Å². The van der Waals surface area contributed by atoms with E-state index in [4.69, 9.17) is 0 Å². The maximum absolute atomic E-state index is 10.7. The van der Waals surface area contributed by atoms with Crippen LogP contribution in [-0.4, -0.2) is 59.3 Å². The highest BCUT2D eigenvalue weighted by molar-refractivity contribution is 4.91. The molecule has 0 amide bonds. The van der Waals surface area contributed by atoms with Crippen molar-refractivity contribution in [3.63, 3.8) is 0 Å². The summed E-state index contributed by atoms with van der Waals surface area (Å²) in [6, 6.07) is 0.709. The summed E-state index contributed by atoms with van der Waals surface area (Å²) < 4.78 is 0. The first kappa shape index (κ1) is 15.3. The van der Waals surface area contributed by atoms with Gasteiger partial charge in [-0.1, -0.05) is 20.8 Å². The molecule has 19 heavy (non-hydrogen) atoms. The Kier molecular flexibility index (Phi) is 5.27. The number of rotatable bonds is 5. The Hall–Kier alpha value is -0.120. The zero-order chi connectivity index (χ0) is 13.9. The average Bonchev–Trinajstić information content (AvgIpc) is 2.83. The molecular formula is C16H32N2O. The first-order valence-corrected chi connectivity index (χ1v) is 8.25. The predicted molar refractivity (Wildman–Crippen MR) is 80.3 cm³/mol. The number of likely N-dealkylation sites (tertiary alicyclic amines) is 1. The quantitative estimate of drug-likeness (QED) is 0.829. The molecule has 1 heterocycles. The van der Waals surface area contributed by atoms with Gasteiger partial charge in [-0.25, -0.2) is 0 Å². The summed E-state index contributed by atoms with van der Waals surface area (Å²) in [5, 5.41) is 10.7. The summed E-state index contributed by atoms with van der Waals surface area (Å²) in [4.78, 5) is 5.06. The van der Waals surface area contributed by atoms with Gasteiger partial charge in [0, 0.05) is 19.1 Å². The molecule has 1 N–H and O–H groups in total. The van der Waals surface area contributed by atoms with Crippen molar-refractivity contribution in [3.05, 3.63) is 0 Å². The van der Waals surface area contributed by atoms with Crippen LogP contribution in [0, 0.1) is 5.92 Å². The van der Waals surface area contributed by atoms with E-state index in [-0.39, 0.29) is 0 Å². The maximum atomic E-state index is 10.7. The van der Waals surface area contributed by atoms with Gasteiger partial charge in [-0.05, 0) is 57.7 Å². The highest BCUT2D eigenvalue weighted by Crippen LogP contribution is 2.33. The van der Waals surface area contributed by atoms with Crippen LogP contribution >= 0.6 is 0 Å². The molecule has 0 radical (unpaired) electrons. The molecule has 0 aromatic rings. The summed E-state index contributed by atoms with van der Waals surface area (Å²) in [6.45, 7) is 12.3. The van der Waals surface area contributed by atoms with Crippen molar-refractivity contribution < 1.29 is 5.11 Å². The van der Waals surface area contributed by atoms with E-state index in [2.05, 4.69) is 30.6 Å². The second-order valence-corrected chi connectivity index (χ2v) is 6.81. The Morgan fingerprint density at radius 3 is 2.37 bits per heavy atom. The van der Waals surface area contributed by atoms with Crippen molar-refractivity contribution in [3.8, 4) is 0 Å². The van der Waals surface area contributed by atoms with Crippen LogP contribution in [-0.2, 0) is 0 Å². The molecule has 2 fully saturated rings. The molecule has 112 valence electrons. The van der Waals surface area contributed by atoms with Crippen molar-refractivity contribution in [1.82, 2.24) is 9.80 Å². The predicted octanol–water partition coefficient (Wildman–Crippen LogP) is 2.34. The molecule has 3 heteroatoms. The lowest BCUT2D eigenvalue weighted by molar-refractivity contribution is -0.0316. The molecule has 1 aliphatic heterocycles. The molecule has 0 aromatic carbocycles. The van der Waals surface area contributed by atoms with Crippen molar-refractivity contribution in [1.29, 1.82) is 0 Å². The van der Waals surface area contributed by atoms with Crippen LogP contribution in [0.15, 0.2) is 0 Å². The lowest BCUT2D eigenvalue weighted by atomic mass is 9.79. The van der Waals surface area contributed by atoms with Crippen molar-refractivity contribution in [2.24, 2.45) is 5.92 Å². The van der Waals surface area contributed by atoms with Crippen molar-refractivity contribution in [2.45, 2.75) is 64.5 Å². The number of nitrogens with zero attached hydrogens (tertiary/aromatic N) is 2. The minimum atomic E-state index is -0.398. The zero-order valence-electron chi connectivity index (χ0n) is 13.1. The summed E-state index contributed by atoms with van der Waals surface area (Å²) in [5.74, 6) is 0.808. The largest absolute Gasteiger partial charge is 0.389 e. The van der Waals surface area contributed by atoms with Gasteiger partial charge in [-0.2, -0.15) is 0 Å². The smallest absolute Gasteiger partial charge is 0.0774 e. The number of likely N-dealkylation sites (N-methyl/N-ethyl adjacent to an activating group) is 1. The highest BCUT2D eigenvalue weighted by atomic mass is 16.3. The topological polar surface area (TPSA) is 26.7 Å². The van der Waals surface area contributed by atoms with E-state index in [1.54, 1.807) is 0 Å².